The predicted octanol–water partition coefficient (Wildman–Crippen LogP) is 5.02. The van der Waals surface area contributed by atoms with Crippen LogP contribution in [0.4, 0.5) is 10.1 Å². The van der Waals surface area contributed by atoms with E-state index in [1.165, 1.54) is 18.2 Å². The quantitative estimate of drug-likeness (QED) is 0.729. The molecule has 2 aromatic rings. The molecule has 0 saturated carbocycles. The lowest BCUT2D eigenvalue weighted by atomic mass is 10.3. The molecule has 0 radical (unpaired) electrons. The van der Waals surface area contributed by atoms with Gasteiger partial charge in [-0.15, -0.1) is 0 Å². The molecule has 1 N–H and O–H groups in total. The van der Waals surface area contributed by atoms with Gasteiger partial charge in [-0.25, -0.2) is 4.39 Å². The molecular weight excluding hydrogens is 428 g/mol. The van der Waals surface area contributed by atoms with Crippen molar-refractivity contribution in [2.45, 2.75) is 0 Å². The number of rotatable bonds is 4. The summed E-state index contributed by atoms with van der Waals surface area (Å²) in [6, 6.07) is 9.08. The molecule has 0 aliphatic heterocycles. The van der Waals surface area contributed by atoms with Crippen LogP contribution in [0.1, 0.15) is 0 Å². The molecule has 0 aliphatic carbocycles. The molecule has 0 aromatic heterocycles. The van der Waals surface area contributed by atoms with Crippen molar-refractivity contribution >= 4 is 55.1 Å². The molecule has 0 atom stereocenters. The highest BCUT2D eigenvalue weighted by molar-refractivity contribution is 9.10. The van der Waals surface area contributed by atoms with Crippen molar-refractivity contribution in [2.24, 2.45) is 0 Å². The molecule has 0 aliphatic rings. The van der Waals surface area contributed by atoms with Gasteiger partial charge in [0.15, 0.2) is 6.61 Å². The first-order chi connectivity index (χ1) is 9.95. The smallest absolute Gasteiger partial charge is 0.262 e. The average molecular weight is 437 g/mol. The van der Waals surface area contributed by atoms with E-state index in [0.717, 1.165) is 4.47 Å². The Balaban J connectivity index is 1.96. The van der Waals surface area contributed by atoms with Crippen LogP contribution in [0.25, 0.3) is 0 Å². The van der Waals surface area contributed by atoms with E-state index in [9.17, 15) is 9.18 Å². The van der Waals surface area contributed by atoms with Crippen LogP contribution in [0.15, 0.2) is 45.3 Å². The molecule has 0 bridgehead atoms. The molecule has 3 nitrogen and oxygen atoms in total. The standard InChI is InChI=1S/C14H9Br2ClFNO2/c15-8-1-3-12(11(17)5-8)19-14(20)7-21-13-4-2-9(18)6-10(13)16/h1-6H,7H2,(H,19,20). The third-order valence-electron chi connectivity index (χ3n) is 2.46. The summed E-state index contributed by atoms with van der Waals surface area (Å²) >= 11 is 12.4. The number of nitrogens with one attached hydrogen (secondary N) is 1. The molecule has 0 fully saturated rings. The summed E-state index contributed by atoms with van der Waals surface area (Å²) in [4.78, 5) is 11.8. The molecular formula is C14H9Br2ClFNO2. The minimum absolute atomic E-state index is 0.212. The Labute approximate surface area is 142 Å². The largest absolute Gasteiger partial charge is 0.483 e. The summed E-state index contributed by atoms with van der Waals surface area (Å²) in [5.41, 5.74) is 0.492. The maximum atomic E-state index is 12.9. The maximum Gasteiger partial charge on any atom is 0.262 e. The van der Waals surface area contributed by atoms with Gasteiger partial charge in [0.25, 0.3) is 5.91 Å². The topological polar surface area (TPSA) is 38.3 Å². The predicted molar refractivity (Wildman–Crippen MR) is 87.4 cm³/mol. The first-order valence-corrected chi connectivity index (χ1v) is 7.75. The number of hydrogen-bond acceptors (Lipinski definition) is 2. The average Bonchev–Trinajstić information content (AvgIpc) is 2.41. The van der Waals surface area contributed by atoms with Gasteiger partial charge in [-0.3, -0.25) is 4.79 Å². The maximum absolute atomic E-state index is 12.9. The second-order valence-corrected chi connectivity index (χ2v) is 6.21. The van der Waals surface area contributed by atoms with Crippen LogP contribution >= 0.6 is 43.5 Å². The number of carbonyl (C=O) groups is 1. The van der Waals surface area contributed by atoms with E-state index in [1.807, 2.05) is 0 Å². The Bertz CT molecular complexity index is 682. The molecule has 0 saturated heterocycles. The number of amides is 1. The Hall–Kier alpha value is -1.11. The molecule has 110 valence electrons. The van der Waals surface area contributed by atoms with E-state index in [4.69, 9.17) is 16.3 Å². The summed E-state index contributed by atoms with van der Waals surface area (Å²) < 4.78 is 19.5. The fraction of sp³-hybridized carbons (Fsp3) is 0.0714. The van der Waals surface area contributed by atoms with Gasteiger partial charge in [0.1, 0.15) is 11.6 Å². The molecule has 2 rings (SSSR count). The summed E-state index contributed by atoms with van der Waals surface area (Å²) in [6.45, 7) is -0.212. The van der Waals surface area contributed by atoms with Crippen LogP contribution < -0.4 is 10.1 Å². The number of carbonyl (C=O) groups excluding carboxylic acids is 1. The van der Waals surface area contributed by atoms with Crippen molar-refractivity contribution in [1.82, 2.24) is 0 Å². The van der Waals surface area contributed by atoms with Gasteiger partial charge in [-0.1, -0.05) is 27.5 Å². The zero-order valence-electron chi connectivity index (χ0n) is 10.5. The number of halogens is 4. The molecule has 21 heavy (non-hydrogen) atoms. The van der Waals surface area contributed by atoms with E-state index >= 15 is 0 Å². The van der Waals surface area contributed by atoms with Crippen molar-refractivity contribution in [3.05, 3.63) is 56.2 Å². The summed E-state index contributed by atoms with van der Waals surface area (Å²) in [7, 11) is 0. The fourth-order valence-corrected chi connectivity index (χ4v) is 2.70. The Morgan fingerprint density at radius 3 is 2.67 bits per heavy atom. The van der Waals surface area contributed by atoms with Crippen molar-refractivity contribution in [3.8, 4) is 5.75 Å². The van der Waals surface area contributed by atoms with Crippen molar-refractivity contribution in [2.75, 3.05) is 11.9 Å². The van der Waals surface area contributed by atoms with Crippen molar-refractivity contribution in [3.63, 3.8) is 0 Å². The van der Waals surface area contributed by atoms with E-state index < -0.39 is 0 Å². The Kier molecular flexibility index (Phi) is 5.61. The van der Waals surface area contributed by atoms with Gasteiger partial charge < -0.3 is 10.1 Å². The fourth-order valence-electron chi connectivity index (χ4n) is 1.51. The number of ether oxygens (including phenoxy) is 1. The highest BCUT2D eigenvalue weighted by Gasteiger charge is 2.09. The lowest BCUT2D eigenvalue weighted by Gasteiger charge is -2.10. The van der Waals surface area contributed by atoms with Crippen LogP contribution in [0, 0.1) is 5.82 Å². The van der Waals surface area contributed by atoms with Crippen molar-refractivity contribution < 1.29 is 13.9 Å². The molecule has 0 heterocycles. The summed E-state index contributed by atoms with van der Waals surface area (Å²) in [5, 5.41) is 3.05. The van der Waals surface area contributed by atoms with Gasteiger partial charge in [-0.2, -0.15) is 0 Å². The zero-order valence-corrected chi connectivity index (χ0v) is 14.4. The van der Waals surface area contributed by atoms with Crippen LogP contribution in [0.3, 0.4) is 0 Å². The Morgan fingerprint density at radius 1 is 1.24 bits per heavy atom. The lowest BCUT2D eigenvalue weighted by Crippen LogP contribution is -2.20. The lowest BCUT2D eigenvalue weighted by molar-refractivity contribution is -0.118. The molecule has 1 amide bonds. The van der Waals surface area contributed by atoms with Gasteiger partial charge in [0.2, 0.25) is 0 Å². The number of hydrogen-bond donors (Lipinski definition) is 1. The minimum atomic E-state index is -0.389. The van der Waals surface area contributed by atoms with E-state index in [1.54, 1.807) is 18.2 Å². The second-order valence-electron chi connectivity index (χ2n) is 4.04. The molecule has 0 spiro atoms. The third kappa shape index (κ3) is 4.69. The number of anilines is 1. The zero-order chi connectivity index (χ0) is 15.4. The highest BCUT2D eigenvalue weighted by Crippen LogP contribution is 2.27. The van der Waals surface area contributed by atoms with E-state index in [-0.39, 0.29) is 18.3 Å². The molecule has 0 unspecified atom stereocenters. The Morgan fingerprint density at radius 2 is 2.00 bits per heavy atom. The number of benzene rings is 2. The van der Waals surface area contributed by atoms with Gasteiger partial charge in [0.05, 0.1) is 15.2 Å². The first kappa shape index (κ1) is 16.3. The van der Waals surface area contributed by atoms with Crippen LogP contribution in [0.2, 0.25) is 5.02 Å². The highest BCUT2D eigenvalue weighted by atomic mass is 79.9. The van der Waals surface area contributed by atoms with Gasteiger partial charge >= 0.3 is 0 Å². The van der Waals surface area contributed by atoms with Gasteiger partial charge in [-0.05, 0) is 52.3 Å². The summed E-state index contributed by atoms with van der Waals surface area (Å²) in [6.07, 6.45) is 0. The van der Waals surface area contributed by atoms with Crippen LogP contribution in [0.5, 0.6) is 5.75 Å². The second kappa shape index (κ2) is 7.24. The first-order valence-electron chi connectivity index (χ1n) is 5.78. The van der Waals surface area contributed by atoms with Crippen molar-refractivity contribution in [1.29, 1.82) is 0 Å². The van der Waals surface area contributed by atoms with E-state index in [0.29, 0.717) is 20.9 Å². The SMILES string of the molecule is O=C(COc1ccc(F)cc1Br)Nc1ccc(Br)cc1Cl. The van der Waals surface area contributed by atoms with Crippen LogP contribution in [-0.4, -0.2) is 12.5 Å². The summed E-state index contributed by atoms with van der Waals surface area (Å²) in [5.74, 6) is -0.371. The van der Waals surface area contributed by atoms with Gasteiger partial charge in [0, 0.05) is 4.47 Å². The molecule has 7 heteroatoms. The monoisotopic (exact) mass is 435 g/mol. The van der Waals surface area contributed by atoms with E-state index in [2.05, 4.69) is 37.2 Å². The molecule has 2 aromatic carbocycles. The van der Waals surface area contributed by atoms with Crippen LogP contribution in [-0.2, 0) is 4.79 Å². The third-order valence-corrected chi connectivity index (χ3v) is 3.88. The minimum Gasteiger partial charge on any atom is -0.483 e. The normalized spacial score (nSPS) is 10.3.